The van der Waals surface area contributed by atoms with Gasteiger partial charge in [0.2, 0.25) is 5.95 Å². The van der Waals surface area contributed by atoms with E-state index in [0.29, 0.717) is 5.95 Å². The van der Waals surface area contributed by atoms with Crippen molar-refractivity contribution in [1.29, 1.82) is 0 Å². The van der Waals surface area contributed by atoms with Crippen LogP contribution in [-0.2, 0) is 0 Å². The van der Waals surface area contributed by atoms with E-state index < -0.39 is 0 Å². The summed E-state index contributed by atoms with van der Waals surface area (Å²) in [5.41, 5.74) is 1.16. The smallest absolute Gasteiger partial charge is 0.223 e. The molecule has 0 aliphatic rings. The van der Waals surface area contributed by atoms with Crippen LogP contribution in [0.4, 0.5) is 5.95 Å². The lowest BCUT2D eigenvalue weighted by Crippen LogP contribution is -2.08. The SMILES string of the molecule is CC(Nc1ncccn1)c1ccncc1. The molecule has 2 heterocycles. The Balaban J connectivity index is 2.08. The molecule has 15 heavy (non-hydrogen) atoms. The molecular weight excluding hydrogens is 188 g/mol. The van der Waals surface area contributed by atoms with E-state index in [-0.39, 0.29) is 6.04 Å². The first-order chi connectivity index (χ1) is 7.36. The molecule has 2 rings (SSSR count). The minimum absolute atomic E-state index is 0.176. The summed E-state index contributed by atoms with van der Waals surface area (Å²) in [6, 6.07) is 5.92. The molecule has 76 valence electrons. The third-order valence-electron chi connectivity index (χ3n) is 2.12. The molecule has 2 aromatic heterocycles. The number of rotatable bonds is 3. The fourth-order valence-corrected chi connectivity index (χ4v) is 1.30. The van der Waals surface area contributed by atoms with Gasteiger partial charge in [-0.2, -0.15) is 0 Å². The molecule has 0 spiro atoms. The number of aromatic nitrogens is 3. The second kappa shape index (κ2) is 4.50. The van der Waals surface area contributed by atoms with Gasteiger partial charge in [0.15, 0.2) is 0 Å². The van der Waals surface area contributed by atoms with Crippen molar-refractivity contribution in [3.63, 3.8) is 0 Å². The van der Waals surface area contributed by atoms with E-state index in [2.05, 4.69) is 27.2 Å². The Kier molecular flexibility index (Phi) is 2.88. The number of anilines is 1. The molecule has 0 saturated carbocycles. The Morgan fingerprint density at radius 2 is 1.73 bits per heavy atom. The third kappa shape index (κ3) is 2.49. The maximum Gasteiger partial charge on any atom is 0.223 e. The Labute approximate surface area is 88.4 Å². The van der Waals surface area contributed by atoms with Gasteiger partial charge in [-0.25, -0.2) is 9.97 Å². The van der Waals surface area contributed by atoms with Crippen LogP contribution in [0, 0.1) is 0 Å². The van der Waals surface area contributed by atoms with Crippen LogP contribution < -0.4 is 5.32 Å². The van der Waals surface area contributed by atoms with Crippen molar-refractivity contribution < 1.29 is 0 Å². The van der Waals surface area contributed by atoms with Crippen molar-refractivity contribution in [2.75, 3.05) is 5.32 Å². The lowest BCUT2D eigenvalue weighted by atomic mass is 10.1. The Hall–Kier alpha value is -1.97. The molecular formula is C11H12N4. The van der Waals surface area contributed by atoms with Gasteiger partial charge in [-0.1, -0.05) is 0 Å². The van der Waals surface area contributed by atoms with Crippen LogP contribution in [0.2, 0.25) is 0 Å². The Bertz CT molecular complexity index is 401. The van der Waals surface area contributed by atoms with E-state index in [1.807, 2.05) is 12.1 Å². The number of nitrogens with zero attached hydrogens (tertiary/aromatic N) is 3. The van der Waals surface area contributed by atoms with Crippen LogP contribution in [-0.4, -0.2) is 15.0 Å². The molecule has 0 amide bonds. The normalized spacial score (nSPS) is 12.1. The van der Waals surface area contributed by atoms with Gasteiger partial charge in [-0.05, 0) is 30.7 Å². The fraction of sp³-hybridized carbons (Fsp3) is 0.182. The van der Waals surface area contributed by atoms with E-state index in [1.54, 1.807) is 30.9 Å². The maximum atomic E-state index is 4.11. The van der Waals surface area contributed by atoms with Crippen molar-refractivity contribution in [2.24, 2.45) is 0 Å². The van der Waals surface area contributed by atoms with Gasteiger partial charge in [-0.15, -0.1) is 0 Å². The van der Waals surface area contributed by atoms with Gasteiger partial charge in [0.1, 0.15) is 0 Å². The van der Waals surface area contributed by atoms with Crippen molar-refractivity contribution >= 4 is 5.95 Å². The minimum atomic E-state index is 0.176. The molecule has 4 nitrogen and oxygen atoms in total. The zero-order valence-corrected chi connectivity index (χ0v) is 8.46. The third-order valence-corrected chi connectivity index (χ3v) is 2.12. The van der Waals surface area contributed by atoms with Gasteiger partial charge in [0.25, 0.3) is 0 Å². The van der Waals surface area contributed by atoms with Crippen LogP contribution in [0.5, 0.6) is 0 Å². The summed E-state index contributed by atoms with van der Waals surface area (Å²) in [6.07, 6.45) is 6.99. The topological polar surface area (TPSA) is 50.7 Å². The van der Waals surface area contributed by atoms with Gasteiger partial charge < -0.3 is 5.32 Å². The monoisotopic (exact) mass is 200 g/mol. The second-order valence-corrected chi connectivity index (χ2v) is 3.22. The van der Waals surface area contributed by atoms with E-state index in [0.717, 1.165) is 5.56 Å². The molecule has 4 heteroatoms. The molecule has 1 N–H and O–H groups in total. The number of nitrogens with one attached hydrogen (secondary N) is 1. The van der Waals surface area contributed by atoms with Crippen molar-refractivity contribution in [3.8, 4) is 0 Å². The molecule has 0 radical (unpaired) electrons. The molecule has 0 bridgehead atoms. The number of pyridine rings is 1. The van der Waals surface area contributed by atoms with Crippen LogP contribution in [0.1, 0.15) is 18.5 Å². The second-order valence-electron chi connectivity index (χ2n) is 3.22. The average Bonchev–Trinajstić information content (AvgIpc) is 2.31. The largest absolute Gasteiger partial charge is 0.348 e. The Morgan fingerprint density at radius 1 is 1.07 bits per heavy atom. The highest BCUT2D eigenvalue weighted by atomic mass is 15.1. The highest BCUT2D eigenvalue weighted by molar-refractivity contribution is 5.29. The van der Waals surface area contributed by atoms with Gasteiger partial charge >= 0.3 is 0 Å². The zero-order chi connectivity index (χ0) is 10.5. The molecule has 0 fully saturated rings. The zero-order valence-electron chi connectivity index (χ0n) is 8.46. The first-order valence-corrected chi connectivity index (χ1v) is 4.80. The first-order valence-electron chi connectivity index (χ1n) is 4.80. The van der Waals surface area contributed by atoms with Crippen LogP contribution >= 0.6 is 0 Å². The number of hydrogen-bond donors (Lipinski definition) is 1. The summed E-state index contributed by atoms with van der Waals surface area (Å²) in [7, 11) is 0. The first kappa shape index (κ1) is 9.58. The lowest BCUT2D eigenvalue weighted by molar-refractivity contribution is 0.857. The van der Waals surface area contributed by atoms with E-state index in [4.69, 9.17) is 0 Å². The summed E-state index contributed by atoms with van der Waals surface area (Å²) in [6.45, 7) is 2.06. The molecule has 0 saturated heterocycles. The summed E-state index contributed by atoms with van der Waals surface area (Å²) in [4.78, 5) is 12.2. The lowest BCUT2D eigenvalue weighted by Gasteiger charge is -2.13. The summed E-state index contributed by atoms with van der Waals surface area (Å²) >= 11 is 0. The van der Waals surface area contributed by atoms with Gasteiger partial charge in [-0.3, -0.25) is 4.98 Å². The molecule has 1 atom stereocenters. The predicted molar refractivity (Wildman–Crippen MR) is 58.3 cm³/mol. The van der Waals surface area contributed by atoms with Crippen LogP contribution in [0.15, 0.2) is 43.0 Å². The summed E-state index contributed by atoms with van der Waals surface area (Å²) < 4.78 is 0. The fourth-order valence-electron chi connectivity index (χ4n) is 1.30. The standard InChI is InChI=1S/C11H12N4/c1-9(10-3-7-12-8-4-10)15-11-13-5-2-6-14-11/h2-9H,1H3,(H,13,14,15). The van der Waals surface area contributed by atoms with E-state index >= 15 is 0 Å². The quantitative estimate of drug-likeness (QED) is 0.823. The molecule has 0 aliphatic carbocycles. The van der Waals surface area contributed by atoms with Crippen LogP contribution in [0.25, 0.3) is 0 Å². The van der Waals surface area contributed by atoms with Crippen molar-refractivity contribution in [1.82, 2.24) is 15.0 Å². The van der Waals surface area contributed by atoms with E-state index in [9.17, 15) is 0 Å². The van der Waals surface area contributed by atoms with Crippen molar-refractivity contribution in [3.05, 3.63) is 48.5 Å². The van der Waals surface area contributed by atoms with Crippen molar-refractivity contribution in [2.45, 2.75) is 13.0 Å². The maximum absolute atomic E-state index is 4.11. The molecule has 1 unspecified atom stereocenters. The summed E-state index contributed by atoms with van der Waals surface area (Å²) in [5.74, 6) is 0.641. The number of hydrogen-bond acceptors (Lipinski definition) is 4. The molecule has 0 aromatic carbocycles. The predicted octanol–water partition coefficient (Wildman–Crippen LogP) is 2.04. The average molecular weight is 200 g/mol. The highest BCUT2D eigenvalue weighted by Gasteiger charge is 2.05. The van der Waals surface area contributed by atoms with Gasteiger partial charge in [0, 0.05) is 24.8 Å². The highest BCUT2D eigenvalue weighted by Crippen LogP contribution is 2.14. The Morgan fingerprint density at radius 3 is 2.40 bits per heavy atom. The van der Waals surface area contributed by atoms with Gasteiger partial charge in [0.05, 0.1) is 6.04 Å². The van der Waals surface area contributed by atoms with E-state index in [1.165, 1.54) is 0 Å². The molecule has 2 aromatic rings. The minimum Gasteiger partial charge on any atom is -0.348 e. The van der Waals surface area contributed by atoms with Crippen LogP contribution in [0.3, 0.4) is 0 Å². The summed E-state index contributed by atoms with van der Waals surface area (Å²) in [5, 5.41) is 3.21. The molecule has 0 aliphatic heterocycles.